The fourth-order valence-electron chi connectivity index (χ4n) is 7.68. The van der Waals surface area contributed by atoms with Gasteiger partial charge in [0.1, 0.15) is 11.2 Å². The van der Waals surface area contributed by atoms with E-state index in [4.69, 9.17) is 4.42 Å². The maximum absolute atomic E-state index is 6.74. The molecule has 0 N–H and O–H groups in total. The Hall–Kier alpha value is -6.18. The summed E-state index contributed by atoms with van der Waals surface area (Å²) in [6.07, 6.45) is 0. The molecule has 218 valence electrons. The first-order valence-corrected chi connectivity index (χ1v) is 16.2. The van der Waals surface area contributed by atoms with Crippen molar-refractivity contribution in [1.82, 2.24) is 0 Å². The number of para-hydroxylation sites is 1. The molecule has 1 heteroatoms. The molecule has 47 heavy (non-hydrogen) atoms. The van der Waals surface area contributed by atoms with Crippen LogP contribution >= 0.6 is 0 Å². The average molecular weight is 597 g/mol. The molecule has 0 saturated heterocycles. The zero-order valence-electron chi connectivity index (χ0n) is 25.6. The summed E-state index contributed by atoms with van der Waals surface area (Å²) in [6, 6.07) is 61.5. The van der Waals surface area contributed by atoms with Gasteiger partial charge in [0.05, 0.1) is 0 Å². The lowest BCUT2D eigenvalue weighted by atomic mass is 9.84. The molecule has 0 bridgehead atoms. The van der Waals surface area contributed by atoms with Crippen molar-refractivity contribution in [2.45, 2.75) is 0 Å². The molecule has 9 aromatic carbocycles. The van der Waals surface area contributed by atoms with Gasteiger partial charge in [0.15, 0.2) is 0 Å². The summed E-state index contributed by atoms with van der Waals surface area (Å²) in [6.45, 7) is 0. The third-order valence-electron chi connectivity index (χ3n) is 9.83. The standard InChI is InChI=1S/C46H28O/c1-2-12-32-27-33(26-23-29(32)11-1)30-21-24-31(25-22-30)43-37-16-5-7-18-39(37)44(40-19-8-6-17-38(40)43)45-35-14-4-3-13-34(35)28-41-36-15-9-10-20-42(36)47-46(41)45/h1-28H. The van der Waals surface area contributed by atoms with E-state index >= 15 is 0 Å². The number of benzene rings is 9. The molecule has 0 amide bonds. The quantitative estimate of drug-likeness (QED) is 0.185. The monoisotopic (exact) mass is 596 g/mol. The predicted octanol–water partition coefficient (Wildman–Crippen LogP) is 13.2. The van der Waals surface area contributed by atoms with Crippen molar-refractivity contribution in [2.75, 3.05) is 0 Å². The summed E-state index contributed by atoms with van der Waals surface area (Å²) in [7, 11) is 0. The van der Waals surface area contributed by atoms with Crippen LogP contribution in [0.1, 0.15) is 0 Å². The van der Waals surface area contributed by atoms with Crippen LogP contribution in [0.5, 0.6) is 0 Å². The van der Waals surface area contributed by atoms with Gasteiger partial charge >= 0.3 is 0 Å². The van der Waals surface area contributed by atoms with E-state index in [0.717, 1.165) is 27.5 Å². The molecule has 0 radical (unpaired) electrons. The van der Waals surface area contributed by atoms with E-state index in [-0.39, 0.29) is 0 Å². The SMILES string of the molecule is c1ccc2cc(-c3ccc(-c4c5ccccc5c(-c5c6ccccc6cc6c5oc5ccccc56)c5ccccc45)cc3)ccc2c1. The van der Waals surface area contributed by atoms with E-state index in [1.54, 1.807) is 0 Å². The topological polar surface area (TPSA) is 13.1 Å². The van der Waals surface area contributed by atoms with Gasteiger partial charge in [0, 0.05) is 21.9 Å². The van der Waals surface area contributed by atoms with Gasteiger partial charge < -0.3 is 4.42 Å². The zero-order chi connectivity index (χ0) is 30.9. The Kier molecular flexibility index (Phi) is 5.64. The molecule has 0 aliphatic heterocycles. The van der Waals surface area contributed by atoms with Crippen molar-refractivity contribution in [3.8, 4) is 33.4 Å². The summed E-state index contributed by atoms with van der Waals surface area (Å²) in [5.41, 5.74) is 9.13. The molecule has 0 saturated carbocycles. The highest BCUT2D eigenvalue weighted by molar-refractivity contribution is 6.28. The third-order valence-corrected chi connectivity index (χ3v) is 9.83. The minimum Gasteiger partial charge on any atom is -0.455 e. The van der Waals surface area contributed by atoms with Crippen molar-refractivity contribution in [3.05, 3.63) is 170 Å². The van der Waals surface area contributed by atoms with Gasteiger partial charge in [-0.2, -0.15) is 0 Å². The fourth-order valence-corrected chi connectivity index (χ4v) is 7.68. The lowest BCUT2D eigenvalue weighted by Gasteiger charge is -2.19. The van der Waals surface area contributed by atoms with Gasteiger partial charge in [-0.15, -0.1) is 0 Å². The number of hydrogen-bond donors (Lipinski definition) is 0. The summed E-state index contributed by atoms with van der Waals surface area (Å²) in [5, 5.41) is 12.1. The highest BCUT2D eigenvalue weighted by Gasteiger charge is 2.22. The Bertz CT molecular complexity index is 2780. The van der Waals surface area contributed by atoms with Crippen molar-refractivity contribution in [2.24, 2.45) is 0 Å². The predicted molar refractivity (Wildman–Crippen MR) is 200 cm³/mol. The molecule has 1 aromatic heterocycles. The third kappa shape index (κ3) is 3.97. The number of fused-ring (bicyclic) bond motifs is 7. The Labute approximate surface area is 271 Å². The molecule has 0 fully saturated rings. The second-order valence-electron chi connectivity index (χ2n) is 12.4. The highest BCUT2D eigenvalue weighted by Crippen LogP contribution is 2.49. The van der Waals surface area contributed by atoms with Crippen molar-refractivity contribution in [3.63, 3.8) is 0 Å². The van der Waals surface area contributed by atoms with Crippen LogP contribution in [0.2, 0.25) is 0 Å². The molecule has 0 atom stereocenters. The molecule has 10 rings (SSSR count). The summed E-state index contributed by atoms with van der Waals surface area (Å²) in [4.78, 5) is 0. The van der Waals surface area contributed by atoms with Crippen LogP contribution in [0.3, 0.4) is 0 Å². The van der Waals surface area contributed by atoms with E-state index in [1.165, 1.54) is 70.9 Å². The highest BCUT2D eigenvalue weighted by atomic mass is 16.3. The number of rotatable bonds is 3. The maximum atomic E-state index is 6.74. The van der Waals surface area contributed by atoms with Gasteiger partial charge in [0.25, 0.3) is 0 Å². The molecule has 1 nitrogen and oxygen atoms in total. The lowest BCUT2D eigenvalue weighted by molar-refractivity contribution is 0.670. The van der Waals surface area contributed by atoms with Crippen LogP contribution in [0, 0.1) is 0 Å². The van der Waals surface area contributed by atoms with Crippen molar-refractivity contribution >= 4 is 65.0 Å². The first-order valence-electron chi connectivity index (χ1n) is 16.2. The van der Waals surface area contributed by atoms with Crippen LogP contribution < -0.4 is 0 Å². The second kappa shape index (κ2) is 10.2. The molecule has 0 aliphatic carbocycles. The van der Waals surface area contributed by atoms with Gasteiger partial charge in [-0.1, -0.05) is 152 Å². The summed E-state index contributed by atoms with van der Waals surface area (Å²) in [5.74, 6) is 0. The van der Waals surface area contributed by atoms with Crippen LogP contribution in [-0.4, -0.2) is 0 Å². The van der Waals surface area contributed by atoms with E-state index in [2.05, 4.69) is 170 Å². The smallest absolute Gasteiger partial charge is 0.143 e. The molecule has 0 unspecified atom stereocenters. The molecular weight excluding hydrogens is 569 g/mol. The number of hydrogen-bond acceptors (Lipinski definition) is 1. The van der Waals surface area contributed by atoms with Gasteiger partial charge in [0.2, 0.25) is 0 Å². The first kappa shape index (κ1) is 26.1. The van der Waals surface area contributed by atoms with Crippen LogP contribution in [0.25, 0.3) is 98.4 Å². The Morgan fingerprint density at radius 3 is 1.49 bits per heavy atom. The molecular formula is C46H28O. The van der Waals surface area contributed by atoms with Gasteiger partial charge in [-0.25, -0.2) is 0 Å². The Morgan fingerprint density at radius 2 is 0.787 bits per heavy atom. The van der Waals surface area contributed by atoms with E-state index in [9.17, 15) is 0 Å². The Morgan fingerprint density at radius 1 is 0.277 bits per heavy atom. The maximum Gasteiger partial charge on any atom is 0.143 e. The van der Waals surface area contributed by atoms with E-state index in [0.29, 0.717) is 0 Å². The van der Waals surface area contributed by atoms with Crippen molar-refractivity contribution in [1.29, 1.82) is 0 Å². The number of furan rings is 1. The minimum atomic E-state index is 0.913. The summed E-state index contributed by atoms with van der Waals surface area (Å²) >= 11 is 0. The minimum absolute atomic E-state index is 0.913. The van der Waals surface area contributed by atoms with Crippen LogP contribution in [0.15, 0.2) is 174 Å². The zero-order valence-corrected chi connectivity index (χ0v) is 25.6. The normalized spacial score (nSPS) is 11.8. The summed E-state index contributed by atoms with van der Waals surface area (Å²) < 4.78 is 6.74. The van der Waals surface area contributed by atoms with E-state index < -0.39 is 0 Å². The Balaban J connectivity index is 1.26. The van der Waals surface area contributed by atoms with Crippen molar-refractivity contribution < 1.29 is 4.42 Å². The molecule has 1 heterocycles. The molecule has 0 spiro atoms. The average Bonchev–Trinajstić information content (AvgIpc) is 3.51. The van der Waals surface area contributed by atoms with Crippen LogP contribution in [0.4, 0.5) is 0 Å². The fraction of sp³-hybridized carbons (Fsp3) is 0. The molecule has 0 aliphatic rings. The second-order valence-corrected chi connectivity index (χ2v) is 12.4. The van der Waals surface area contributed by atoms with Gasteiger partial charge in [-0.05, 0) is 83.5 Å². The largest absolute Gasteiger partial charge is 0.455 e. The first-order chi connectivity index (χ1) is 23.3. The van der Waals surface area contributed by atoms with E-state index in [1.807, 2.05) is 0 Å². The molecule has 10 aromatic rings. The van der Waals surface area contributed by atoms with Crippen LogP contribution in [-0.2, 0) is 0 Å². The van der Waals surface area contributed by atoms with Gasteiger partial charge in [-0.3, -0.25) is 0 Å². The lowest BCUT2D eigenvalue weighted by Crippen LogP contribution is -1.92.